The lowest BCUT2D eigenvalue weighted by Crippen LogP contribution is -2.21. The Morgan fingerprint density at radius 3 is 2.65 bits per heavy atom. The lowest BCUT2D eigenvalue weighted by molar-refractivity contribution is -0.507. The van der Waals surface area contributed by atoms with Crippen LogP contribution in [0.2, 0.25) is 0 Å². The van der Waals surface area contributed by atoms with Gasteiger partial charge in [0.05, 0.1) is 0 Å². The predicted molar refractivity (Wildman–Crippen MR) is 59.6 cm³/mol. The Hall–Kier alpha value is -2.12. The molecule has 17 heavy (non-hydrogen) atoms. The Morgan fingerprint density at radius 1 is 1.71 bits per heavy atom. The molecular weight excluding hydrogens is 230 g/mol. The fourth-order valence-corrected chi connectivity index (χ4v) is 1.11. The number of carbonyl (C=O) groups excluding carboxylic acids is 1. The molecule has 0 aliphatic carbocycles. The highest BCUT2D eigenvalue weighted by Gasteiger charge is 2.18. The summed E-state index contributed by atoms with van der Waals surface area (Å²) >= 11 is 0. The Balaban J connectivity index is 4.79. The number of nitro groups is 1. The maximum atomic E-state index is 10.6. The van der Waals surface area contributed by atoms with Crippen LogP contribution < -0.4 is 5.73 Å². The molecule has 0 bridgehead atoms. The molecular formula is C9H15N3O5. The minimum Gasteiger partial charge on any atom is -0.443 e. The number of carbonyl (C=O) groups is 1. The first kappa shape index (κ1) is 14.9. The molecule has 0 radical (unpaired) electrons. The van der Waals surface area contributed by atoms with E-state index in [0.717, 1.165) is 0 Å². The zero-order valence-corrected chi connectivity index (χ0v) is 9.62. The minimum absolute atomic E-state index is 0.00523. The molecule has 8 heteroatoms. The van der Waals surface area contributed by atoms with E-state index in [9.17, 15) is 14.9 Å². The van der Waals surface area contributed by atoms with E-state index in [0.29, 0.717) is 12.0 Å². The number of primary amides is 1. The molecule has 8 nitrogen and oxygen atoms in total. The molecule has 0 rings (SSSR count). The number of hydrogen-bond donors (Lipinski definition) is 2. The van der Waals surface area contributed by atoms with Gasteiger partial charge in [-0.2, -0.15) is 0 Å². The van der Waals surface area contributed by atoms with Crippen LogP contribution in [0.25, 0.3) is 0 Å². The molecule has 1 unspecified atom stereocenters. The third kappa shape index (κ3) is 5.50. The zero-order chi connectivity index (χ0) is 13.4. The molecule has 0 aliphatic heterocycles. The van der Waals surface area contributed by atoms with E-state index in [1.54, 1.807) is 6.92 Å². The number of hydrogen-bond acceptors (Lipinski definition) is 6. The molecule has 1 atom stereocenters. The Kier molecular flexibility index (Phi) is 6.30. The van der Waals surface area contributed by atoms with Crippen LogP contribution in [0.3, 0.4) is 0 Å². The van der Waals surface area contributed by atoms with Gasteiger partial charge in [-0.3, -0.25) is 10.1 Å². The van der Waals surface area contributed by atoms with Gasteiger partial charge in [0, 0.05) is 17.4 Å². The first-order valence-corrected chi connectivity index (χ1v) is 4.89. The van der Waals surface area contributed by atoms with Crippen molar-refractivity contribution in [1.29, 1.82) is 0 Å². The van der Waals surface area contributed by atoms with Gasteiger partial charge in [-0.1, -0.05) is 12.1 Å². The molecule has 0 saturated carbocycles. The molecule has 0 aromatic rings. The maximum absolute atomic E-state index is 10.6. The van der Waals surface area contributed by atoms with Crippen LogP contribution >= 0.6 is 0 Å². The summed E-state index contributed by atoms with van der Waals surface area (Å²) in [6.07, 6.45) is 0.716. The van der Waals surface area contributed by atoms with Crippen molar-refractivity contribution in [3.63, 3.8) is 0 Å². The molecule has 1 amide bonds. The van der Waals surface area contributed by atoms with Crippen LogP contribution in [0.1, 0.15) is 20.3 Å². The summed E-state index contributed by atoms with van der Waals surface area (Å²) in [5, 5.41) is 22.1. The van der Waals surface area contributed by atoms with Gasteiger partial charge in [-0.25, -0.2) is 4.79 Å². The summed E-state index contributed by atoms with van der Waals surface area (Å²) in [4.78, 5) is 20.5. The van der Waals surface area contributed by atoms with Crippen LogP contribution in [0.4, 0.5) is 4.79 Å². The second-order valence-electron chi connectivity index (χ2n) is 3.23. The molecule has 0 aromatic heterocycles. The van der Waals surface area contributed by atoms with Gasteiger partial charge in [0.15, 0.2) is 0 Å². The predicted octanol–water partition coefficient (Wildman–Crippen LogP) is 0.914. The second kappa shape index (κ2) is 7.20. The second-order valence-corrected chi connectivity index (χ2v) is 3.23. The first-order valence-electron chi connectivity index (χ1n) is 4.89. The van der Waals surface area contributed by atoms with Gasteiger partial charge in [-0.05, 0) is 12.5 Å². The summed E-state index contributed by atoms with van der Waals surface area (Å²) in [6, 6.07) is -0.898. The normalized spacial score (nSPS) is 14.2. The summed E-state index contributed by atoms with van der Waals surface area (Å²) in [5.74, 6) is 0. The van der Waals surface area contributed by atoms with E-state index in [1.807, 2.05) is 0 Å². The van der Waals surface area contributed by atoms with Crippen LogP contribution in [-0.2, 0) is 4.74 Å². The number of amides is 1. The highest BCUT2D eigenvalue weighted by Crippen LogP contribution is 2.10. The number of nitrogens with two attached hydrogens (primary N) is 1. The molecule has 0 aromatic carbocycles. The largest absolute Gasteiger partial charge is 0.443 e. The molecule has 0 saturated heterocycles. The number of ether oxygens (including phenoxy) is 1. The van der Waals surface area contributed by atoms with Gasteiger partial charge in [0.25, 0.3) is 0 Å². The van der Waals surface area contributed by atoms with E-state index in [1.165, 1.54) is 13.0 Å². The van der Waals surface area contributed by atoms with Gasteiger partial charge < -0.3 is 15.7 Å². The number of rotatable bonds is 6. The summed E-state index contributed by atoms with van der Waals surface area (Å²) < 4.78 is 4.41. The van der Waals surface area contributed by atoms with E-state index in [2.05, 4.69) is 9.89 Å². The maximum Gasteiger partial charge on any atom is 0.404 e. The highest BCUT2D eigenvalue weighted by molar-refractivity contribution is 5.97. The van der Waals surface area contributed by atoms with Gasteiger partial charge >= 0.3 is 6.09 Å². The van der Waals surface area contributed by atoms with Crippen LogP contribution in [0.15, 0.2) is 16.8 Å². The molecule has 0 spiro atoms. The Labute approximate surface area is 97.9 Å². The third-order valence-corrected chi connectivity index (χ3v) is 2.10. The zero-order valence-electron chi connectivity index (χ0n) is 9.62. The van der Waals surface area contributed by atoms with Crippen molar-refractivity contribution < 1.29 is 19.7 Å². The fourth-order valence-electron chi connectivity index (χ4n) is 1.11. The van der Waals surface area contributed by atoms with Gasteiger partial charge in [0.2, 0.25) is 6.04 Å². The van der Waals surface area contributed by atoms with Gasteiger partial charge in [-0.15, -0.1) is 0 Å². The first-order chi connectivity index (χ1) is 7.92. The minimum atomic E-state index is -1.01. The average Bonchev–Trinajstić information content (AvgIpc) is 2.28. The number of nitrogens with zero attached hydrogens (tertiary/aromatic N) is 2. The van der Waals surface area contributed by atoms with Crippen molar-refractivity contribution >= 4 is 11.8 Å². The molecule has 3 N–H and O–H groups in total. The van der Waals surface area contributed by atoms with Crippen molar-refractivity contribution in [2.75, 3.05) is 6.61 Å². The molecule has 96 valence electrons. The van der Waals surface area contributed by atoms with Crippen LogP contribution in [0.5, 0.6) is 0 Å². The van der Waals surface area contributed by atoms with E-state index in [4.69, 9.17) is 10.9 Å². The quantitative estimate of drug-likeness (QED) is 0.311. The smallest absolute Gasteiger partial charge is 0.404 e. The summed E-state index contributed by atoms with van der Waals surface area (Å²) in [7, 11) is 0. The van der Waals surface area contributed by atoms with E-state index >= 15 is 0 Å². The van der Waals surface area contributed by atoms with Crippen LogP contribution in [-0.4, -0.2) is 34.6 Å². The SMILES string of the molecule is CCC(=CC(COC(N)=O)=NO)C(C)[N+](=O)[O-]. The summed E-state index contributed by atoms with van der Waals surface area (Å²) in [6.45, 7) is 2.81. The van der Waals surface area contributed by atoms with Crippen molar-refractivity contribution in [1.82, 2.24) is 0 Å². The summed E-state index contributed by atoms with van der Waals surface area (Å²) in [5.41, 5.74) is 5.19. The number of oxime groups is 1. The van der Waals surface area contributed by atoms with Crippen molar-refractivity contribution in [2.24, 2.45) is 10.9 Å². The van der Waals surface area contributed by atoms with E-state index in [-0.39, 0.29) is 12.3 Å². The van der Waals surface area contributed by atoms with E-state index < -0.39 is 17.1 Å². The highest BCUT2D eigenvalue weighted by atomic mass is 16.6. The lowest BCUT2D eigenvalue weighted by Gasteiger charge is -2.07. The Bertz CT molecular complexity index is 351. The molecule has 0 heterocycles. The fraction of sp³-hybridized carbons (Fsp3) is 0.556. The van der Waals surface area contributed by atoms with Crippen molar-refractivity contribution in [3.8, 4) is 0 Å². The third-order valence-electron chi connectivity index (χ3n) is 2.10. The molecule has 0 fully saturated rings. The monoisotopic (exact) mass is 245 g/mol. The van der Waals surface area contributed by atoms with Crippen molar-refractivity contribution in [2.45, 2.75) is 26.3 Å². The standard InChI is InChI=1S/C9H15N3O5/c1-3-7(6(2)12(15)16)4-8(11-14)5-17-9(10)13/h4,6,14H,3,5H2,1-2H3,(H2,10,13). The van der Waals surface area contributed by atoms with Gasteiger partial charge in [0.1, 0.15) is 12.3 Å². The van der Waals surface area contributed by atoms with Crippen LogP contribution in [0, 0.1) is 10.1 Å². The van der Waals surface area contributed by atoms with Crippen molar-refractivity contribution in [3.05, 3.63) is 21.8 Å². The molecule has 0 aliphatic rings. The topological polar surface area (TPSA) is 128 Å². The average molecular weight is 245 g/mol. The lowest BCUT2D eigenvalue weighted by atomic mass is 10.1. The Morgan fingerprint density at radius 2 is 2.29 bits per heavy atom.